The Kier molecular flexibility index (Phi) is 12.6. The van der Waals surface area contributed by atoms with E-state index in [4.69, 9.17) is 19.7 Å². The van der Waals surface area contributed by atoms with E-state index in [0.29, 0.717) is 79.6 Å². The lowest BCUT2D eigenvalue weighted by molar-refractivity contribution is -0.122. The van der Waals surface area contributed by atoms with Crippen LogP contribution in [0.4, 0.5) is 16.6 Å². The van der Waals surface area contributed by atoms with Crippen molar-refractivity contribution >= 4 is 46.7 Å². The highest BCUT2D eigenvalue weighted by Crippen LogP contribution is 2.36. The quantitative estimate of drug-likeness (QED) is 0.0943. The van der Waals surface area contributed by atoms with Gasteiger partial charge in [-0.25, -0.2) is 14.6 Å². The van der Waals surface area contributed by atoms with Crippen LogP contribution in [-0.2, 0) is 9.53 Å². The predicted octanol–water partition coefficient (Wildman–Crippen LogP) is 3.21. The summed E-state index contributed by atoms with van der Waals surface area (Å²) in [5.41, 5.74) is 4.01. The fourth-order valence-electron chi connectivity index (χ4n) is 8.73. The number of nitrogens with zero attached hydrogens (tertiary/aromatic N) is 6. The van der Waals surface area contributed by atoms with Gasteiger partial charge in [0.05, 0.1) is 31.1 Å². The number of nitrogens with one attached hydrogen (secondary N) is 4. The Bertz CT molecular complexity index is 2340. The molecule has 4 heterocycles. The summed E-state index contributed by atoms with van der Waals surface area (Å²) in [6.07, 6.45) is 0.983. The lowest BCUT2D eigenvalue weighted by atomic mass is 9.91. The number of anilines is 2. The third kappa shape index (κ3) is 9.04. The number of aromatic nitrogens is 4. The normalized spacial score (nSPS) is 22.2. The number of hydrogen-bond donors (Lipinski definition) is 6. The molecule has 6 N–H and O–H groups in total. The van der Waals surface area contributed by atoms with E-state index in [1.165, 1.54) is 7.11 Å². The number of carbonyl (C=O) groups excluding carboxylic acids is 4. The van der Waals surface area contributed by atoms with Crippen molar-refractivity contribution in [3.05, 3.63) is 114 Å². The molecule has 2 saturated heterocycles. The van der Waals surface area contributed by atoms with E-state index in [0.717, 1.165) is 11.1 Å². The summed E-state index contributed by atoms with van der Waals surface area (Å²) >= 11 is 0. The number of aliphatic hydroxyl groups is 2. The zero-order chi connectivity index (χ0) is 43.3. The first-order chi connectivity index (χ1) is 30.1. The molecule has 0 radical (unpaired) electrons. The molecule has 2 aromatic heterocycles. The van der Waals surface area contributed by atoms with Gasteiger partial charge in [0.1, 0.15) is 12.2 Å². The number of urea groups is 1. The minimum atomic E-state index is -1.19. The first-order valence-electron chi connectivity index (χ1n) is 21.1. The monoisotopic (exact) mass is 844 g/mol. The Morgan fingerprint density at radius 2 is 1.45 bits per heavy atom. The van der Waals surface area contributed by atoms with Crippen LogP contribution >= 0.6 is 0 Å². The predicted molar refractivity (Wildman–Crippen MR) is 231 cm³/mol. The molecule has 5 aromatic rings. The molecule has 6 atom stereocenters. The lowest BCUT2D eigenvalue weighted by Gasteiger charge is -2.22. The number of esters is 1. The maximum atomic E-state index is 13.3. The number of likely N-dealkylation sites (tertiary alicyclic amines) is 1. The van der Waals surface area contributed by atoms with E-state index < -0.39 is 30.3 Å². The van der Waals surface area contributed by atoms with Crippen LogP contribution in [0.25, 0.3) is 11.2 Å². The summed E-state index contributed by atoms with van der Waals surface area (Å²) in [6.45, 7) is 4.03. The molecule has 0 bridgehead atoms. The van der Waals surface area contributed by atoms with Gasteiger partial charge in [0.15, 0.2) is 17.0 Å². The van der Waals surface area contributed by atoms with E-state index >= 15 is 0 Å². The maximum absolute atomic E-state index is 13.3. The second-order valence-electron chi connectivity index (χ2n) is 16.1. The van der Waals surface area contributed by atoms with Gasteiger partial charge in [-0.05, 0) is 54.7 Å². The number of imidazole rings is 1. The Hall–Kier alpha value is -6.59. The summed E-state index contributed by atoms with van der Waals surface area (Å²) in [5, 5.41) is 34.8. The molecule has 1 saturated carbocycles. The summed E-state index contributed by atoms with van der Waals surface area (Å²) in [6, 6.07) is 24.7. The van der Waals surface area contributed by atoms with E-state index in [-0.39, 0.29) is 48.7 Å². The van der Waals surface area contributed by atoms with Crippen molar-refractivity contribution in [1.82, 2.24) is 40.4 Å². The molecular formula is C45H52N10O7. The van der Waals surface area contributed by atoms with Gasteiger partial charge in [-0.2, -0.15) is 9.97 Å². The second-order valence-corrected chi connectivity index (χ2v) is 16.1. The number of amides is 4. The number of ether oxygens (including phenoxy) is 1. The number of benzene rings is 3. The minimum absolute atomic E-state index is 0.0220. The van der Waals surface area contributed by atoms with E-state index in [1.807, 2.05) is 41.3 Å². The minimum Gasteiger partial charge on any atom is -0.465 e. The van der Waals surface area contributed by atoms with Crippen molar-refractivity contribution < 1.29 is 34.1 Å². The number of methoxy groups -OCH3 is 1. The zero-order valence-corrected chi connectivity index (χ0v) is 34.7. The molecule has 1 unspecified atom stereocenters. The average Bonchev–Trinajstić information content (AvgIpc) is 4.12. The highest BCUT2D eigenvalue weighted by molar-refractivity contribution is 5.96. The summed E-state index contributed by atoms with van der Waals surface area (Å²) < 4.78 is 6.50. The van der Waals surface area contributed by atoms with Crippen LogP contribution in [-0.4, -0.2) is 129 Å². The summed E-state index contributed by atoms with van der Waals surface area (Å²) in [5.74, 6) is 0.0191. The van der Waals surface area contributed by atoms with Crippen LogP contribution < -0.4 is 26.2 Å². The molecule has 2 aliphatic heterocycles. The first kappa shape index (κ1) is 42.1. The maximum Gasteiger partial charge on any atom is 0.337 e. The fraction of sp³-hybridized carbons (Fsp3) is 0.400. The van der Waals surface area contributed by atoms with E-state index in [2.05, 4.69) is 45.5 Å². The number of fused-ring (bicyclic) bond motifs is 1. The van der Waals surface area contributed by atoms with Crippen LogP contribution in [0.5, 0.6) is 0 Å². The first-order valence-corrected chi connectivity index (χ1v) is 21.1. The Morgan fingerprint density at radius 3 is 2.11 bits per heavy atom. The van der Waals surface area contributed by atoms with Gasteiger partial charge in [0.2, 0.25) is 11.9 Å². The van der Waals surface area contributed by atoms with Gasteiger partial charge in [-0.15, -0.1) is 0 Å². The molecule has 3 aromatic carbocycles. The summed E-state index contributed by atoms with van der Waals surface area (Å²) in [4.78, 5) is 69.0. The van der Waals surface area contributed by atoms with Crippen molar-refractivity contribution in [1.29, 1.82) is 0 Å². The number of carbonyl (C=O) groups is 4. The lowest BCUT2D eigenvalue weighted by Crippen LogP contribution is -2.48. The third-order valence-electron chi connectivity index (χ3n) is 12.1. The molecular weight excluding hydrogens is 793 g/mol. The van der Waals surface area contributed by atoms with Gasteiger partial charge in [0.25, 0.3) is 5.91 Å². The van der Waals surface area contributed by atoms with Gasteiger partial charge in [-0.1, -0.05) is 67.6 Å². The third-order valence-corrected chi connectivity index (χ3v) is 12.1. The van der Waals surface area contributed by atoms with Crippen LogP contribution in [0.15, 0.2) is 91.3 Å². The molecule has 17 heteroatoms. The van der Waals surface area contributed by atoms with Crippen molar-refractivity contribution in [2.45, 2.75) is 74.9 Å². The Morgan fingerprint density at radius 1 is 0.806 bits per heavy atom. The zero-order valence-electron chi connectivity index (χ0n) is 34.7. The Balaban J connectivity index is 0.979. The van der Waals surface area contributed by atoms with Gasteiger partial charge < -0.3 is 50.6 Å². The highest BCUT2D eigenvalue weighted by Gasteiger charge is 2.44. The van der Waals surface area contributed by atoms with Gasteiger partial charge in [0, 0.05) is 62.7 Å². The van der Waals surface area contributed by atoms with Crippen molar-refractivity contribution in [2.75, 3.05) is 50.1 Å². The average molecular weight is 845 g/mol. The van der Waals surface area contributed by atoms with Gasteiger partial charge in [-0.3, -0.25) is 9.59 Å². The molecule has 62 heavy (non-hydrogen) atoms. The molecule has 17 nitrogen and oxygen atoms in total. The molecule has 1 aliphatic carbocycles. The second kappa shape index (κ2) is 18.6. The van der Waals surface area contributed by atoms with Crippen LogP contribution in [0.2, 0.25) is 0 Å². The molecule has 0 spiro atoms. The van der Waals surface area contributed by atoms with Crippen molar-refractivity contribution in [3.63, 3.8) is 0 Å². The molecule has 3 aliphatic rings. The molecule has 4 amide bonds. The molecule has 8 rings (SSSR count). The van der Waals surface area contributed by atoms with E-state index in [9.17, 15) is 29.4 Å². The fourth-order valence-corrected chi connectivity index (χ4v) is 8.73. The molecule has 3 fully saturated rings. The Labute approximate surface area is 358 Å². The van der Waals surface area contributed by atoms with Crippen molar-refractivity contribution in [2.24, 2.45) is 0 Å². The van der Waals surface area contributed by atoms with Crippen LogP contribution in [0.3, 0.4) is 0 Å². The SMILES string of the molecule is CCC(=O)N[C@H]1C[C@@H](n2cnc3c(NCC(c4ccccc4)c4ccccc4)nc(N4CC[C@@H](NC(=O)NC5CCN(C(=O)c6ccc(C(=O)OC)cc6)C5)C4)nc32)[C@H](O)[C@@H]1O. The number of aliphatic hydroxyl groups excluding tert-OH is 2. The molecule has 324 valence electrons. The summed E-state index contributed by atoms with van der Waals surface area (Å²) in [7, 11) is 1.30. The number of hydrogen-bond acceptors (Lipinski definition) is 12. The van der Waals surface area contributed by atoms with Crippen molar-refractivity contribution in [3.8, 4) is 0 Å². The van der Waals surface area contributed by atoms with E-state index in [1.54, 1.807) is 47.0 Å². The van der Waals surface area contributed by atoms with Crippen LogP contribution in [0, 0.1) is 0 Å². The largest absolute Gasteiger partial charge is 0.465 e. The standard InChI is InChI=1S/C45H52N10O7/c1-3-36(56)50-34-22-35(39(58)38(34)57)55-26-47-37-40(46-23-33(27-10-6-4-7-11-27)28-12-8-5-9-13-28)51-44(52-41(37)55)54-21-19-32(25-54)49-45(61)48-31-18-20-53(24-31)42(59)29-14-16-30(17-15-29)43(60)62-2/h4-17,26,31-35,38-39,57-58H,3,18-25H2,1-2H3,(H,50,56)(H,46,51,52)(H2,48,49,61)/t31?,32-,34+,35-,38-,39+/m1/s1. The van der Waals surface area contributed by atoms with Gasteiger partial charge >= 0.3 is 12.0 Å². The van der Waals surface area contributed by atoms with Crippen LogP contribution in [0.1, 0.15) is 76.4 Å². The topological polar surface area (TPSA) is 216 Å². The smallest absolute Gasteiger partial charge is 0.337 e. The number of rotatable bonds is 13. The highest BCUT2D eigenvalue weighted by atomic mass is 16.5.